The summed E-state index contributed by atoms with van der Waals surface area (Å²) in [5, 5.41) is 0. The molecule has 0 radical (unpaired) electrons. The molecule has 0 bridgehead atoms. The molecule has 2 aliphatic heterocycles. The molecule has 2 heterocycles. The molecule has 4 rings (SSSR count). The highest BCUT2D eigenvalue weighted by Crippen LogP contribution is 2.34. The van der Waals surface area contributed by atoms with Crippen molar-refractivity contribution in [3.8, 4) is 0 Å². The molecule has 0 aromatic heterocycles. The van der Waals surface area contributed by atoms with Crippen LogP contribution >= 0.6 is 0 Å². The molecule has 25 heavy (non-hydrogen) atoms. The molecular formula is C19H24FN3O2. The van der Waals surface area contributed by atoms with Gasteiger partial charge < -0.3 is 14.7 Å². The summed E-state index contributed by atoms with van der Waals surface area (Å²) in [7, 11) is 0. The highest BCUT2D eigenvalue weighted by Gasteiger charge is 2.42. The van der Waals surface area contributed by atoms with Crippen molar-refractivity contribution >= 4 is 17.5 Å². The first-order valence-electron chi connectivity index (χ1n) is 9.23. The summed E-state index contributed by atoms with van der Waals surface area (Å²) in [5.41, 5.74) is 0.986. The van der Waals surface area contributed by atoms with Crippen LogP contribution in [0.25, 0.3) is 0 Å². The molecule has 3 fully saturated rings. The average Bonchev–Trinajstić information content (AvgIpc) is 3.38. The van der Waals surface area contributed by atoms with Gasteiger partial charge in [-0.2, -0.15) is 0 Å². The second-order valence-corrected chi connectivity index (χ2v) is 7.25. The maximum Gasteiger partial charge on any atom is 0.245 e. The monoisotopic (exact) mass is 345 g/mol. The van der Waals surface area contributed by atoms with E-state index in [1.807, 2.05) is 9.80 Å². The highest BCUT2D eigenvalue weighted by molar-refractivity contribution is 5.90. The van der Waals surface area contributed by atoms with Crippen molar-refractivity contribution in [2.75, 3.05) is 37.6 Å². The summed E-state index contributed by atoms with van der Waals surface area (Å²) < 4.78 is 13.1. The zero-order chi connectivity index (χ0) is 17.4. The molecule has 134 valence electrons. The minimum Gasteiger partial charge on any atom is -0.368 e. The normalized spacial score (nSPS) is 23.9. The molecule has 1 saturated carbocycles. The predicted molar refractivity (Wildman–Crippen MR) is 92.7 cm³/mol. The molecule has 0 spiro atoms. The standard InChI is InChI=1S/C19H24FN3O2/c20-15-5-7-16(8-6-15)21-10-12-22(13-11-21)19(25)17-2-1-9-23(17)18(24)14-3-4-14/h5-8,14,17H,1-4,9-13H2/t17-/m0/s1. The van der Waals surface area contributed by atoms with Gasteiger partial charge in [-0.1, -0.05) is 0 Å². The molecule has 1 aliphatic carbocycles. The lowest BCUT2D eigenvalue weighted by molar-refractivity contribution is -0.144. The van der Waals surface area contributed by atoms with Crippen LogP contribution in [0.5, 0.6) is 0 Å². The van der Waals surface area contributed by atoms with Gasteiger partial charge in [-0.05, 0) is 49.9 Å². The van der Waals surface area contributed by atoms with Gasteiger partial charge >= 0.3 is 0 Å². The lowest BCUT2D eigenvalue weighted by Gasteiger charge is -2.38. The number of nitrogens with zero attached hydrogens (tertiary/aromatic N) is 3. The van der Waals surface area contributed by atoms with Crippen molar-refractivity contribution in [2.45, 2.75) is 31.7 Å². The Bertz CT molecular complexity index is 651. The second kappa shape index (κ2) is 6.65. The highest BCUT2D eigenvalue weighted by atomic mass is 19.1. The second-order valence-electron chi connectivity index (χ2n) is 7.25. The molecule has 5 nitrogen and oxygen atoms in total. The summed E-state index contributed by atoms with van der Waals surface area (Å²) in [5.74, 6) is 0.217. The number of benzene rings is 1. The van der Waals surface area contributed by atoms with E-state index in [-0.39, 0.29) is 29.6 Å². The molecule has 3 aliphatic rings. The molecule has 0 N–H and O–H groups in total. The lowest BCUT2D eigenvalue weighted by atomic mass is 10.1. The van der Waals surface area contributed by atoms with Crippen LogP contribution in [0.2, 0.25) is 0 Å². The molecule has 0 unspecified atom stereocenters. The smallest absolute Gasteiger partial charge is 0.245 e. The van der Waals surface area contributed by atoms with E-state index in [0.717, 1.165) is 51.0 Å². The van der Waals surface area contributed by atoms with E-state index in [1.165, 1.54) is 12.1 Å². The van der Waals surface area contributed by atoms with Gasteiger partial charge in [0.25, 0.3) is 0 Å². The number of rotatable bonds is 3. The van der Waals surface area contributed by atoms with Gasteiger partial charge in [0.05, 0.1) is 0 Å². The van der Waals surface area contributed by atoms with Gasteiger partial charge in [0.2, 0.25) is 11.8 Å². The van der Waals surface area contributed by atoms with Gasteiger partial charge in [0, 0.05) is 44.3 Å². The average molecular weight is 345 g/mol. The van der Waals surface area contributed by atoms with Crippen LogP contribution in [0.4, 0.5) is 10.1 Å². The van der Waals surface area contributed by atoms with Gasteiger partial charge in [0.1, 0.15) is 11.9 Å². The Morgan fingerprint density at radius 2 is 1.56 bits per heavy atom. The molecule has 1 aromatic carbocycles. The summed E-state index contributed by atoms with van der Waals surface area (Å²) in [6, 6.07) is 6.23. The number of piperazine rings is 1. The number of amides is 2. The molecule has 1 atom stereocenters. The third-order valence-electron chi connectivity index (χ3n) is 5.53. The first-order chi connectivity index (χ1) is 12.1. The fourth-order valence-electron chi connectivity index (χ4n) is 3.90. The Balaban J connectivity index is 1.36. The van der Waals surface area contributed by atoms with Crippen LogP contribution in [0.1, 0.15) is 25.7 Å². The summed E-state index contributed by atoms with van der Waals surface area (Å²) in [4.78, 5) is 31.2. The van der Waals surface area contributed by atoms with Crippen LogP contribution in [-0.2, 0) is 9.59 Å². The topological polar surface area (TPSA) is 43.9 Å². The van der Waals surface area contributed by atoms with Gasteiger partial charge in [-0.15, -0.1) is 0 Å². The lowest BCUT2D eigenvalue weighted by Crippen LogP contribution is -2.54. The number of carbonyl (C=O) groups excluding carboxylic acids is 2. The number of hydrogen-bond donors (Lipinski definition) is 0. The minimum atomic E-state index is -0.259. The first-order valence-corrected chi connectivity index (χ1v) is 9.23. The summed E-state index contributed by atoms with van der Waals surface area (Å²) in [6.45, 7) is 3.50. The van der Waals surface area contributed by atoms with Gasteiger partial charge in [-0.25, -0.2) is 4.39 Å². The van der Waals surface area contributed by atoms with E-state index in [1.54, 1.807) is 12.1 Å². The Morgan fingerprint density at radius 3 is 2.20 bits per heavy atom. The number of carbonyl (C=O) groups is 2. The Morgan fingerprint density at radius 1 is 0.880 bits per heavy atom. The minimum absolute atomic E-state index is 0.102. The van der Waals surface area contributed by atoms with Crippen molar-refractivity contribution in [2.24, 2.45) is 5.92 Å². The summed E-state index contributed by atoms with van der Waals surface area (Å²) in [6.07, 6.45) is 3.67. The van der Waals surface area contributed by atoms with Crippen LogP contribution in [0, 0.1) is 11.7 Å². The fourth-order valence-corrected chi connectivity index (χ4v) is 3.90. The van der Waals surface area contributed by atoms with Crippen LogP contribution in [0.3, 0.4) is 0 Å². The SMILES string of the molecule is O=C([C@@H]1CCCN1C(=O)C1CC1)N1CCN(c2ccc(F)cc2)CC1. The number of anilines is 1. The maximum absolute atomic E-state index is 13.1. The number of halogens is 1. The maximum atomic E-state index is 13.1. The predicted octanol–water partition coefficient (Wildman–Crippen LogP) is 1.88. The number of likely N-dealkylation sites (tertiary alicyclic amines) is 1. The Labute approximate surface area is 147 Å². The largest absolute Gasteiger partial charge is 0.368 e. The van der Waals surface area contributed by atoms with Crippen molar-refractivity contribution in [3.05, 3.63) is 30.1 Å². The van der Waals surface area contributed by atoms with Gasteiger partial charge in [-0.3, -0.25) is 9.59 Å². The third-order valence-corrected chi connectivity index (χ3v) is 5.53. The van der Waals surface area contributed by atoms with Crippen LogP contribution in [0.15, 0.2) is 24.3 Å². The van der Waals surface area contributed by atoms with Crippen molar-refractivity contribution < 1.29 is 14.0 Å². The van der Waals surface area contributed by atoms with E-state index in [4.69, 9.17) is 0 Å². The molecule has 1 aromatic rings. The molecule has 2 saturated heterocycles. The van der Waals surface area contributed by atoms with E-state index < -0.39 is 0 Å². The Hall–Kier alpha value is -2.11. The molecule has 6 heteroatoms. The van der Waals surface area contributed by atoms with Crippen LogP contribution < -0.4 is 4.90 Å². The van der Waals surface area contributed by atoms with Crippen LogP contribution in [-0.4, -0.2) is 60.4 Å². The van der Waals surface area contributed by atoms with Crippen molar-refractivity contribution in [3.63, 3.8) is 0 Å². The zero-order valence-corrected chi connectivity index (χ0v) is 14.4. The quantitative estimate of drug-likeness (QED) is 0.840. The van der Waals surface area contributed by atoms with Crippen molar-refractivity contribution in [1.29, 1.82) is 0 Å². The van der Waals surface area contributed by atoms with E-state index in [0.29, 0.717) is 13.1 Å². The molecule has 2 amide bonds. The van der Waals surface area contributed by atoms with E-state index >= 15 is 0 Å². The number of hydrogen-bond acceptors (Lipinski definition) is 3. The van der Waals surface area contributed by atoms with E-state index in [2.05, 4.69) is 4.90 Å². The zero-order valence-electron chi connectivity index (χ0n) is 14.4. The first kappa shape index (κ1) is 16.4. The Kier molecular flexibility index (Phi) is 4.36. The van der Waals surface area contributed by atoms with Crippen molar-refractivity contribution in [1.82, 2.24) is 9.80 Å². The summed E-state index contributed by atoms with van der Waals surface area (Å²) >= 11 is 0. The third kappa shape index (κ3) is 3.34. The van der Waals surface area contributed by atoms with Gasteiger partial charge in [0.15, 0.2) is 0 Å². The fraction of sp³-hybridized carbons (Fsp3) is 0.579. The molecular weight excluding hydrogens is 321 g/mol. The van der Waals surface area contributed by atoms with E-state index in [9.17, 15) is 14.0 Å².